The first-order valence-corrected chi connectivity index (χ1v) is 6.14. The number of hydrogen-bond donors (Lipinski definition) is 1. The molecule has 0 amide bonds. The molecule has 1 saturated heterocycles. The summed E-state index contributed by atoms with van der Waals surface area (Å²) < 4.78 is 51.0. The van der Waals surface area contributed by atoms with Crippen LogP contribution in [0.4, 0.5) is 17.6 Å². The van der Waals surface area contributed by atoms with Gasteiger partial charge in [-0.1, -0.05) is 6.07 Å². The minimum absolute atomic E-state index is 0.319. The third-order valence-electron chi connectivity index (χ3n) is 3.43. The molecule has 0 aliphatic carbocycles. The highest BCUT2D eigenvalue weighted by Gasteiger charge is 2.34. The molecule has 2 rings (SSSR count). The highest BCUT2D eigenvalue weighted by Crippen LogP contribution is 2.32. The van der Waals surface area contributed by atoms with Crippen LogP contribution in [0, 0.1) is 5.82 Å². The molecule has 1 aromatic carbocycles. The average Bonchev–Trinajstić information content (AvgIpc) is 2.83. The van der Waals surface area contributed by atoms with Crippen LogP contribution >= 0.6 is 0 Å². The van der Waals surface area contributed by atoms with E-state index in [1.165, 1.54) is 6.07 Å². The van der Waals surface area contributed by atoms with E-state index in [1.54, 1.807) is 0 Å². The van der Waals surface area contributed by atoms with Crippen LogP contribution < -0.4 is 5.32 Å². The molecule has 6 heteroatoms. The van der Waals surface area contributed by atoms with Crippen molar-refractivity contribution in [1.29, 1.82) is 0 Å². The minimum Gasteiger partial charge on any atom is -0.315 e. The summed E-state index contributed by atoms with van der Waals surface area (Å²) in [6, 6.07) is 3.51. The maximum Gasteiger partial charge on any atom is 0.419 e. The molecule has 1 N–H and O–H groups in total. The standard InChI is InChI=1S/C13H16F4N2/c1-19(10-4-5-18-7-10)8-9-2-3-12(14)11(6-9)13(15,16)17/h2-3,6,10,18H,4-5,7-8H2,1H3. The zero-order valence-corrected chi connectivity index (χ0v) is 10.6. The molecule has 19 heavy (non-hydrogen) atoms. The molecule has 1 fully saturated rings. The number of rotatable bonds is 3. The molecule has 106 valence electrons. The molecule has 0 bridgehead atoms. The second kappa shape index (κ2) is 5.46. The van der Waals surface area contributed by atoms with E-state index in [9.17, 15) is 17.6 Å². The maximum absolute atomic E-state index is 13.2. The number of benzene rings is 1. The zero-order chi connectivity index (χ0) is 14.0. The van der Waals surface area contributed by atoms with Gasteiger partial charge < -0.3 is 5.32 Å². The Morgan fingerprint density at radius 3 is 2.68 bits per heavy atom. The number of hydrogen-bond acceptors (Lipinski definition) is 2. The Labute approximate surface area is 109 Å². The van der Waals surface area contributed by atoms with E-state index >= 15 is 0 Å². The fourth-order valence-corrected chi connectivity index (χ4v) is 2.32. The number of alkyl halides is 3. The number of halogens is 4. The van der Waals surface area contributed by atoms with Crippen LogP contribution in [0.25, 0.3) is 0 Å². The van der Waals surface area contributed by atoms with E-state index in [2.05, 4.69) is 5.32 Å². The van der Waals surface area contributed by atoms with Crippen molar-refractivity contribution in [2.45, 2.75) is 25.2 Å². The summed E-state index contributed by atoms with van der Waals surface area (Å²) in [7, 11) is 1.87. The lowest BCUT2D eigenvalue weighted by molar-refractivity contribution is -0.140. The lowest BCUT2D eigenvalue weighted by Gasteiger charge is -2.23. The van der Waals surface area contributed by atoms with Crippen LogP contribution in [0.1, 0.15) is 17.5 Å². The van der Waals surface area contributed by atoms with Crippen LogP contribution in [0.3, 0.4) is 0 Å². The van der Waals surface area contributed by atoms with Crippen molar-refractivity contribution in [2.75, 3.05) is 20.1 Å². The van der Waals surface area contributed by atoms with Gasteiger partial charge in [0.25, 0.3) is 0 Å². The molecule has 1 aliphatic rings. The Balaban J connectivity index is 2.12. The smallest absolute Gasteiger partial charge is 0.315 e. The van der Waals surface area contributed by atoms with Gasteiger partial charge in [-0.25, -0.2) is 4.39 Å². The molecule has 1 unspecified atom stereocenters. The van der Waals surface area contributed by atoms with Gasteiger partial charge in [0, 0.05) is 19.1 Å². The van der Waals surface area contributed by atoms with Crippen molar-refractivity contribution in [1.82, 2.24) is 10.2 Å². The van der Waals surface area contributed by atoms with Crippen molar-refractivity contribution >= 4 is 0 Å². The van der Waals surface area contributed by atoms with Gasteiger partial charge in [0.1, 0.15) is 5.82 Å². The fourth-order valence-electron chi connectivity index (χ4n) is 2.32. The maximum atomic E-state index is 13.2. The molecule has 2 nitrogen and oxygen atoms in total. The summed E-state index contributed by atoms with van der Waals surface area (Å²) in [5.74, 6) is -1.22. The van der Waals surface area contributed by atoms with Gasteiger partial charge in [-0.3, -0.25) is 4.90 Å². The van der Waals surface area contributed by atoms with Crippen molar-refractivity contribution in [3.05, 3.63) is 35.1 Å². The molecule has 0 aromatic heterocycles. The second-order valence-electron chi connectivity index (χ2n) is 4.87. The predicted molar refractivity (Wildman–Crippen MR) is 64.1 cm³/mol. The van der Waals surface area contributed by atoms with Gasteiger partial charge in [0.15, 0.2) is 0 Å². The Kier molecular flexibility index (Phi) is 4.10. The third kappa shape index (κ3) is 3.45. The van der Waals surface area contributed by atoms with Crippen LogP contribution in [-0.4, -0.2) is 31.1 Å². The fraction of sp³-hybridized carbons (Fsp3) is 0.538. The zero-order valence-electron chi connectivity index (χ0n) is 10.6. The molecule has 0 spiro atoms. The first-order valence-electron chi connectivity index (χ1n) is 6.14. The van der Waals surface area contributed by atoms with Crippen LogP contribution in [0.2, 0.25) is 0 Å². The number of nitrogens with one attached hydrogen (secondary N) is 1. The van der Waals surface area contributed by atoms with Crippen molar-refractivity contribution < 1.29 is 17.6 Å². The van der Waals surface area contributed by atoms with Crippen LogP contribution in [-0.2, 0) is 12.7 Å². The first-order chi connectivity index (χ1) is 8.88. The first kappa shape index (κ1) is 14.3. The van der Waals surface area contributed by atoms with Crippen molar-refractivity contribution in [2.24, 2.45) is 0 Å². The molecule has 1 aliphatic heterocycles. The Hall–Kier alpha value is -1.14. The molecule has 1 atom stereocenters. The van der Waals surface area contributed by atoms with E-state index in [1.807, 2.05) is 11.9 Å². The summed E-state index contributed by atoms with van der Waals surface area (Å²) in [4.78, 5) is 1.99. The largest absolute Gasteiger partial charge is 0.419 e. The molecular weight excluding hydrogens is 260 g/mol. The average molecular weight is 276 g/mol. The number of nitrogens with zero attached hydrogens (tertiary/aromatic N) is 1. The monoisotopic (exact) mass is 276 g/mol. The second-order valence-corrected chi connectivity index (χ2v) is 4.87. The molecule has 0 saturated carbocycles. The van der Waals surface area contributed by atoms with Crippen molar-refractivity contribution in [3.63, 3.8) is 0 Å². The summed E-state index contributed by atoms with van der Waals surface area (Å²) in [6.45, 7) is 2.14. The topological polar surface area (TPSA) is 15.3 Å². The summed E-state index contributed by atoms with van der Waals surface area (Å²) >= 11 is 0. The summed E-state index contributed by atoms with van der Waals surface area (Å²) in [5, 5.41) is 3.20. The lowest BCUT2D eigenvalue weighted by atomic mass is 10.1. The minimum atomic E-state index is -4.65. The summed E-state index contributed by atoms with van der Waals surface area (Å²) in [6.07, 6.45) is -3.67. The Morgan fingerprint density at radius 1 is 1.37 bits per heavy atom. The normalized spacial score (nSPS) is 20.2. The van der Waals surface area contributed by atoms with Gasteiger partial charge >= 0.3 is 6.18 Å². The van der Waals surface area contributed by atoms with Gasteiger partial charge in [-0.2, -0.15) is 13.2 Å². The Morgan fingerprint density at radius 2 is 2.11 bits per heavy atom. The summed E-state index contributed by atoms with van der Waals surface area (Å²) in [5.41, 5.74) is -0.717. The SMILES string of the molecule is CN(Cc1ccc(F)c(C(F)(F)F)c1)C1CCNC1. The highest BCUT2D eigenvalue weighted by molar-refractivity contribution is 5.27. The molecule has 1 heterocycles. The Bertz CT molecular complexity index is 439. The lowest BCUT2D eigenvalue weighted by Crippen LogP contribution is -2.32. The highest BCUT2D eigenvalue weighted by atomic mass is 19.4. The molecular formula is C13H16F4N2. The van der Waals surface area contributed by atoms with Crippen LogP contribution in [0.15, 0.2) is 18.2 Å². The predicted octanol–water partition coefficient (Wildman–Crippen LogP) is 2.64. The third-order valence-corrected chi connectivity index (χ3v) is 3.43. The molecule has 1 aromatic rings. The van der Waals surface area contributed by atoms with Gasteiger partial charge in [0.05, 0.1) is 5.56 Å². The van der Waals surface area contributed by atoms with Gasteiger partial charge in [0.2, 0.25) is 0 Å². The van der Waals surface area contributed by atoms with E-state index < -0.39 is 17.6 Å². The van der Waals surface area contributed by atoms with E-state index in [4.69, 9.17) is 0 Å². The van der Waals surface area contributed by atoms with E-state index in [0.717, 1.165) is 31.6 Å². The van der Waals surface area contributed by atoms with E-state index in [0.29, 0.717) is 18.2 Å². The van der Waals surface area contributed by atoms with Crippen LogP contribution in [0.5, 0.6) is 0 Å². The quantitative estimate of drug-likeness (QED) is 0.854. The number of likely N-dealkylation sites (N-methyl/N-ethyl adjacent to an activating group) is 1. The molecule has 0 radical (unpaired) electrons. The van der Waals surface area contributed by atoms with Gasteiger partial charge in [-0.05, 0) is 37.7 Å². The van der Waals surface area contributed by atoms with Gasteiger partial charge in [-0.15, -0.1) is 0 Å². The van der Waals surface area contributed by atoms with Crippen molar-refractivity contribution in [3.8, 4) is 0 Å². The van der Waals surface area contributed by atoms with E-state index in [-0.39, 0.29) is 0 Å².